The first-order valence-electron chi connectivity index (χ1n) is 5.19. The van der Waals surface area contributed by atoms with E-state index in [4.69, 9.17) is 22.1 Å². The normalized spacial score (nSPS) is 10.6. The largest absolute Gasteiger partial charge is 0.455 e. The van der Waals surface area contributed by atoms with Crippen LogP contribution in [0.25, 0.3) is 0 Å². The summed E-state index contributed by atoms with van der Waals surface area (Å²) in [6.45, 7) is 1.92. The van der Waals surface area contributed by atoms with Crippen LogP contribution in [0.1, 0.15) is 21.1 Å². The van der Waals surface area contributed by atoms with Gasteiger partial charge in [0.1, 0.15) is 6.61 Å². The molecule has 0 atom stereocenters. The van der Waals surface area contributed by atoms with Crippen molar-refractivity contribution in [2.75, 3.05) is 5.73 Å². The molecule has 0 bridgehead atoms. The summed E-state index contributed by atoms with van der Waals surface area (Å²) >= 11 is 7.16. The van der Waals surface area contributed by atoms with E-state index in [1.165, 1.54) is 16.0 Å². The number of aryl methyl sites for hydroxylation is 2. The van der Waals surface area contributed by atoms with Crippen LogP contribution < -0.4 is 5.73 Å². The number of esters is 1. The van der Waals surface area contributed by atoms with Crippen LogP contribution >= 0.6 is 22.9 Å². The molecule has 96 valence electrons. The Balaban J connectivity index is 2.08. The van der Waals surface area contributed by atoms with E-state index >= 15 is 0 Å². The molecular weight excluding hydrogens is 274 g/mol. The molecule has 0 aliphatic rings. The van der Waals surface area contributed by atoms with E-state index in [-0.39, 0.29) is 12.3 Å². The molecule has 0 aromatic carbocycles. The fourth-order valence-electron chi connectivity index (χ4n) is 1.55. The Kier molecular flexibility index (Phi) is 3.58. The molecule has 2 aromatic rings. The van der Waals surface area contributed by atoms with Crippen LogP contribution in [0.15, 0.2) is 12.1 Å². The topological polar surface area (TPSA) is 70.1 Å². The Morgan fingerprint density at radius 2 is 2.33 bits per heavy atom. The van der Waals surface area contributed by atoms with E-state index in [2.05, 4.69) is 5.10 Å². The molecule has 2 rings (SSSR count). The van der Waals surface area contributed by atoms with Crippen LogP contribution in [-0.2, 0) is 18.4 Å². The van der Waals surface area contributed by atoms with Gasteiger partial charge in [-0.2, -0.15) is 5.10 Å². The van der Waals surface area contributed by atoms with Gasteiger partial charge in [0.2, 0.25) is 0 Å². The summed E-state index contributed by atoms with van der Waals surface area (Å²) in [7, 11) is 1.65. The Morgan fingerprint density at radius 1 is 1.61 bits per heavy atom. The number of nitrogen functional groups attached to an aromatic ring is 1. The van der Waals surface area contributed by atoms with E-state index in [0.717, 1.165) is 4.88 Å². The number of ether oxygens (including phenoxy) is 1. The second kappa shape index (κ2) is 4.99. The van der Waals surface area contributed by atoms with Gasteiger partial charge < -0.3 is 10.5 Å². The van der Waals surface area contributed by atoms with Crippen molar-refractivity contribution in [2.45, 2.75) is 13.5 Å². The van der Waals surface area contributed by atoms with Crippen LogP contribution in [0.4, 0.5) is 5.69 Å². The molecule has 7 heteroatoms. The number of carbonyl (C=O) groups is 1. The fraction of sp³-hybridized carbons (Fsp3) is 0.273. The standard InChI is InChI=1S/C11H12ClN3O2S/c1-6-9(13)10(15(2)14-6)11(16)17-5-7-3-4-8(12)18-7/h3-4H,5,13H2,1-2H3. The SMILES string of the molecule is Cc1nn(C)c(C(=O)OCc2ccc(Cl)s2)c1N. The first-order valence-corrected chi connectivity index (χ1v) is 6.39. The predicted octanol–water partition coefficient (Wildman–Crippen LogP) is 2.38. The second-order valence-electron chi connectivity index (χ2n) is 3.75. The number of halogens is 1. The third-order valence-corrected chi connectivity index (χ3v) is 3.64. The maximum Gasteiger partial charge on any atom is 0.359 e. The molecular formula is C11H12ClN3O2S. The van der Waals surface area contributed by atoms with Crippen molar-refractivity contribution in [2.24, 2.45) is 7.05 Å². The molecule has 0 radical (unpaired) electrons. The van der Waals surface area contributed by atoms with Gasteiger partial charge in [-0.15, -0.1) is 11.3 Å². The van der Waals surface area contributed by atoms with Crippen molar-refractivity contribution in [3.05, 3.63) is 32.7 Å². The summed E-state index contributed by atoms with van der Waals surface area (Å²) in [6.07, 6.45) is 0. The number of hydrogen-bond donors (Lipinski definition) is 1. The minimum atomic E-state index is -0.486. The van der Waals surface area contributed by atoms with Gasteiger partial charge in [-0.3, -0.25) is 4.68 Å². The monoisotopic (exact) mass is 285 g/mol. The predicted molar refractivity (Wildman–Crippen MR) is 70.8 cm³/mol. The Bertz CT molecular complexity index is 591. The molecule has 0 amide bonds. The summed E-state index contributed by atoms with van der Waals surface area (Å²) in [5.74, 6) is -0.486. The number of thiophene rings is 1. The van der Waals surface area contributed by atoms with Crippen LogP contribution in [0.2, 0.25) is 4.34 Å². The molecule has 0 spiro atoms. The maximum absolute atomic E-state index is 11.9. The van der Waals surface area contributed by atoms with Gasteiger partial charge in [0.15, 0.2) is 5.69 Å². The van der Waals surface area contributed by atoms with Crippen LogP contribution in [-0.4, -0.2) is 15.7 Å². The van der Waals surface area contributed by atoms with E-state index in [9.17, 15) is 4.79 Å². The smallest absolute Gasteiger partial charge is 0.359 e. The fourth-order valence-corrected chi connectivity index (χ4v) is 2.55. The van der Waals surface area contributed by atoms with Crippen molar-refractivity contribution in [1.82, 2.24) is 9.78 Å². The van der Waals surface area contributed by atoms with Crippen molar-refractivity contribution in [3.63, 3.8) is 0 Å². The number of nitrogens with zero attached hydrogens (tertiary/aromatic N) is 2. The van der Waals surface area contributed by atoms with Gasteiger partial charge in [0, 0.05) is 11.9 Å². The molecule has 2 heterocycles. The Hall–Kier alpha value is -1.53. The number of nitrogens with two attached hydrogens (primary N) is 1. The maximum atomic E-state index is 11.9. The van der Waals surface area contributed by atoms with Crippen LogP contribution in [0, 0.1) is 6.92 Å². The summed E-state index contributed by atoms with van der Waals surface area (Å²) in [5, 5.41) is 4.06. The van der Waals surface area contributed by atoms with Gasteiger partial charge >= 0.3 is 5.97 Å². The van der Waals surface area contributed by atoms with Gasteiger partial charge in [0.25, 0.3) is 0 Å². The third kappa shape index (κ3) is 2.49. The average molecular weight is 286 g/mol. The Morgan fingerprint density at radius 3 is 2.83 bits per heavy atom. The van der Waals surface area contributed by atoms with Crippen LogP contribution in [0.3, 0.4) is 0 Å². The lowest BCUT2D eigenvalue weighted by atomic mass is 10.3. The average Bonchev–Trinajstić information content (AvgIpc) is 2.82. The first kappa shape index (κ1) is 12.9. The lowest BCUT2D eigenvalue weighted by Crippen LogP contribution is -2.12. The highest BCUT2D eigenvalue weighted by atomic mass is 35.5. The zero-order chi connectivity index (χ0) is 13.3. The highest BCUT2D eigenvalue weighted by Crippen LogP contribution is 2.23. The zero-order valence-electron chi connectivity index (χ0n) is 9.94. The van der Waals surface area contributed by atoms with Crippen molar-refractivity contribution >= 4 is 34.6 Å². The molecule has 0 unspecified atom stereocenters. The molecule has 5 nitrogen and oxygen atoms in total. The van der Waals surface area contributed by atoms with Gasteiger partial charge in [-0.05, 0) is 19.1 Å². The molecule has 0 aliphatic carbocycles. The molecule has 0 saturated carbocycles. The van der Waals surface area contributed by atoms with Gasteiger partial charge in [-0.1, -0.05) is 11.6 Å². The first-order chi connectivity index (χ1) is 8.49. The Labute approximate surface area is 113 Å². The number of anilines is 1. The minimum absolute atomic E-state index is 0.180. The highest BCUT2D eigenvalue weighted by molar-refractivity contribution is 7.16. The van der Waals surface area contributed by atoms with E-state index in [1.54, 1.807) is 20.0 Å². The van der Waals surface area contributed by atoms with Gasteiger partial charge in [0.05, 0.1) is 15.7 Å². The number of carbonyl (C=O) groups excluding carboxylic acids is 1. The molecule has 18 heavy (non-hydrogen) atoms. The third-order valence-electron chi connectivity index (χ3n) is 2.44. The molecule has 0 saturated heterocycles. The zero-order valence-corrected chi connectivity index (χ0v) is 11.5. The quantitative estimate of drug-likeness (QED) is 0.879. The number of rotatable bonds is 3. The lowest BCUT2D eigenvalue weighted by Gasteiger charge is -2.04. The lowest BCUT2D eigenvalue weighted by molar-refractivity contribution is 0.0465. The van der Waals surface area contributed by atoms with Crippen molar-refractivity contribution < 1.29 is 9.53 Å². The summed E-state index contributed by atoms with van der Waals surface area (Å²) in [6, 6.07) is 3.58. The van der Waals surface area contributed by atoms with E-state index in [1.807, 2.05) is 6.07 Å². The highest BCUT2D eigenvalue weighted by Gasteiger charge is 2.19. The summed E-state index contributed by atoms with van der Waals surface area (Å²) in [4.78, 5) is 12.8. The van der Waals surface area contributed by atoms with Crippen molar-refractivity contribution in [1.29, 1.82) is 0 Å². The van der Waals surface area contributed by atoms with Crippen LogP contribution in [0.5, 0.6) is 0 Å². The number of aromatic nitrogens is 2. The van der Waals surface area contributed by atoms with Crippen molar-refractivity contribution in [3.8, 4) is 0 Å². The van der Waals surface area contributed by atoms with E-state index < -0.39 is 5.97 Å². The van der Waals surface area contributed by atoms with Gasteiger partial charge in [-0.25, -0.2) is 4.79 Å². The molecule has 0 aliphatic heterocycles. The molecule has 0 fully saturated rings. The minimum Gasteiger partial charge on any atom is -0.455 e. The molecule has 2 N–H and O–H groups in total. The molecule has 2 aromatic heterocycles. The second-order valence-corrected chi connectivity index (χ2v) is 5.55. The summed E-state index contributed by atoms with van der Waals surface area (Å²) < 4.78 is 7.26. The number of hydrogen-bond acceptors (Lipinski definition) is 5. The van der Waals surface area contributed by atoms with E-state index in [0.29, 0.717) is 15.7 Å². The summed E-state index contributed by atoms with van der Waals surface area (Å²) in [5.41, 5.74) is 7.02.